The first-order valence-electron chi connectivity index (χ1n) is 9.06. The average Bonchev–Trinajstić information content (AvgIpc) is 3.20. The van der Waals surface area contributed by atoms with Crippen molar-refractivity contribution in [1.82, 2.24) is 19.7 Å². The first-order valence-corrected chi connectivity index (χ1v) is 10.0. The second-order valence-corrected chi connectivity index (χ2v) is 7.46. The van der Waals surface area contributed by atoms with Crippen molar-refractivity contribution >= 4 is 29.3 Å². The third-order valence-corrected chi connectivity index (χ3v) is 5.67. The van der Waals surface area contributed by atoms with Crippen molar-refractivity contribution < 1.29 is 14.3 Å². The van der Waals surface area contributed by atoms with Crippen molar-refractivity contribution in [3.8, 4) is 0 Å². The Morgan fingerprint density at radius 2 is 1.93 bits per heavy atom. The summed E-state index contributed by atoms with van der Waals surface area (Å²) < 4.78 is 7.42. The standard InChI is InChI=1S/C18H25N5O3S/c1-5-23-17(22-6-8-26-9-7-22)20-21-18(23)27-10-14(25)16-11(2)15(13(4)24)12(3)19-16/h19H,5-10H2,1-4H3. The molecule has 146 valence electrons. The Bertz CT molecular complexity index is 852. The molecule has 1 aliphatic rings. The van der Waals surface area contributed by atoms with Crippen LogP contribution in [0, 0.1) is 13.8 Å². The van der Waals surface area contributed by atoms with Crippen LogP contribution >= 0.6 is 11.8 Å². The average molecular weight is 391 g/mol. The zero-order valence-electron chi connectivity index (χ0n) is 16.2. The van der Waals surface area contributed by atoms with Crippen LogP contribution in [-0.4, -0.2) is 63.4 Å². The lowest BCUT2D eigenvalue weighted by Gasteiger charge is -2.27. The monoisotopic (exact) mass is 391 g/mol. The second-order valence-electron chi connectivity index (χ2n) is 6.52. The highest BCUT2D eigenvalue weighted by molar-refractivity contribution is 7.99. The molecular weight excluding hydrogens is 366 g/mol. The lowest BCUT2D eigenvalue weighted by atomic mass is 10.1. The fourth-order valence-electron chi connectivity index (χ4n) is 3.42. The summed E-state index contributed by atoms with van der Waals surface area (Å²) in [5.74, 6) is 0.973. The van der Waals surface area contributed by atoms with Crippen LogP contribution in [0.15, 0.2) is 5.16 Å². The van der Waals surface area contributed by atoms with Crippen LogP contribution in [-0.2, 0) is 11.3 Å². The topological polar surface area (TPSA) is 93.1 Å². The SMILES string of the molecule is CCn1c(SCC(=O)c2[nH]c(C)c(C(C)=O)c2C)nnc1N1CCOCC1. The number of ether oxygens (including phenoxy) is 1. The molecule has 3 heterocycles. The van der Waals surface area contributed by atoms with Crippen LogP contribution in [0.25, 0.3) is 0 Å². The van der Waals surface area contributed by atoms with E-state index in [1.54, 1.807) is 0 Å². The van der Waals surface area contributed by atoms with Crippen LogP contribution in [0.3, 0.4) is 0 Å². The van der Waals surface area contributed by atoms with E-state index in [1.807, 2.05) is 25.3 Å². The third kappa shape index (κ3) is 3.93. The van der Waals surface area contributed by atoms with E-state index in [2.05, 4.69) is 20.1 Å². The molecule has 0 bridgehead atoms. The predicted molar refractivity (Wildman–Crippen MR) is 104 cm³/mol. The number of Topliss-reactive ketones (excluding diaryl/α,β-unsaturated/α-hetero) is 2. The summed E-state index contributed by atoms with van der Waals surface area (Å²) in [6.45, 7) is 10.8. The highest BCUT2D eigenvalue weighted by Crippen LogP contribution is 2.25. The molecule has 0 amide bonds. The number of morpholine rings is 1. The lowest BCUT2D eigenvalue weighted by molar-refractivity contribution is 0.101. The highest BCUT2D eigenvalue weighted by atomic mass is 32.2. The van der Waals surface area contributed by atoms with Gasteiger partial charge in [-0.25, -0.2) is 0 Å². The van der Waals surface area contributed by atoms with Crippen molar-refractivity contribution in [3.63, 3.8) is 0 Å². The molecule has 8 nitrogen and oxygen atoms in total. The Balaban J connectivity index is 1.73. The highest BCUT2D eigenvalue weighted by Gasteiger charge is 2.23. The third-order valence-electron chi connectivity index (χ3n) is 4.71. The number of aromatic nitrogens is 4. The number of nitrogens with one attached hydrogen (secondary N) is 1. The van der Waals surface area contributed by atoms with Gasteiger partial charge in [-0.2, -0.15) is 0 Å². The normalized spacial score (nSPS) is 14.6. The molecule has 0 spiro atoms. The number of anilines is 1. The molecule has 0 unspecified atom stereocenters. The molecule has 0 aromatic carbocycles. The number of carbonyl (C=O) groups excluding carboxylic acids is 2. The number of aromatic amines is 1. The van der Waals surface area contributed by atoms with Crippen molar-refractivity contribution in [2.45, 2.75) is 39.4 Å². The Kier molecular flexibility index (Phi) is 6.01. The first-order chi connectivity index (χ1) is 12.9. The maximum atomic E-state index is 12.7. The molecule has 0 aliphatic carbocycles. The number of aryl methyl sites for hydroxylation is 1. The number of rotatable bonds is 7. The summed E-state index contributed by atoms with van der Waals surface area (Å²) in [6, 6.07) is 0. The summed E-state index contributed by atoms with van der Waals surface area (Å²) >= 11 is 1.37. The number of ketones is 2. The summed E-state index contributed by atoms with van der Waals surface area (Å²) in [6.07, 6.45) is 0. The lowest BCUT2D eigenvalue weighted by Crippen LogP contribution is -2.38. The molecule has 0 radical (unpaired) electrons. The van der Waals surface area contributed by atoms with E-state index in [0.717, 1.165) is 42.0 Å². The van der Waals surface area contributed by atoms with Gasteiger partial charge in [-0.05, 0) is 33.3 Å². The molecule has 2 aromatic rings. The van der Waals surface area contributed by atoms with Gasteiger partial charge in [0.05, 0.1) is 24.7 Å². The van der Waals surface area contributed by atoms with Crippen LogP contribution in [0.2, 0.25) is 0 Å². The van der Waals surface area contributed by atoms with E-state index < -0.39 is 0 Å². The van der Waals surface area contributed by atoms with Gasteiger partial charge in [-0.1, -0.05) is 11.8 Å². The fourth-order valence-corrected chi connectivity index (χ4v) is 4.29. The van der Waals surface area contributed by atoms with E-state index in [9.17, 15) is 9.59 Å². The molecular formula is C18H25N5O3S. The molecule has 27 heavy (non-hydrogen) atoms. The quantitative estimate of drug-likeness (QED) is 0.571. The molecule has 2 aromatic heterocycles. The number of hydrogen-bond donors (Lipinski definition) is 1. The maximum absolute atomic E-state index is 12.7. The summed E-state index contributed by atoms with van der Waals surface area (Å²) in [5, 5.41) is 9.32. The number of carbonyl (C=O) groups is 2. The van der Waals surface area contributed by atoms with Gasteiger partial charge in [0.15, 0.2) is 16.7 Å². The number of nitrogens with zero attached hydrogens (tertiary/aromatic N) is 4. The Morgan fingerprint density at radius 3 is 2.52 bits per heavy atom. The van der Waals surface area contributed by atoms with Crippen LogP contribution in [0.4, 0.5) is 5.95 Å². The van der Waals surface area contributed by atoms with Crippen molar-refractivity contribution in [2.75, 3.05) is 37.0 Å². The van der Waals surface area contributed by atoms with Gasteiger partial charge in [0.1, 0.15) is 0 Å². The molecule has 1 aliphatic heterocycles. The summed E-state index contributed by atoms with van der Waals surface area (Å²) in [4.78, 5) is 29.7. The molecule has 0 atom stereocenters. The Labute approximate surface area is 162 Å². The Morgan fingerprint density at radius 1 is 1.22 bits per heavy atom. The molecule has 1 saturated heterocycles. The second kappa shape index (κ2) is 8.26. The smallest absolute Gasteiger partial charge is 0.228 e. The molecule has 3 rings (SSSR count). The zero-order chi connectivity index (χ0) is 19.6. The van der Waals surface area contributed by atoms with Crippen LogP contribution in [0.5, 0.6) is 0 Å². The fraction of sp³-hybridized carbons (Fsp3) is 0.556. The van der Waals surface area contributed by atoms with Gasteiger partial charge in [0, 0.05) is 30.9 Å². The first kappa shape index (κ1) is 19.6. The van der Waals surface area contributed by atoms with Crippen molar-refractivity contribution in [3.05, 3.63) is 22.5 Å². The van der Waals surface area contributed by atoms with E-state index in [1.165, 1.54) is 18.7 Å². The minimum absolute atomic E-state index is 0.0335. The number of thioether (sulfide) groups is 1. The van der Waals surface area contributed by atoms with Crippen LogP contribution < -0.4 is 4.90 Å². The summed E-state index contributed by atoms with van der Waals surface area (Å²) in [7, 11) is 0. The predicted octanol–water partition coefficient (Wildman–Crippen LogP) is 2.26. The largest absolute Gasteiger partial charge is 0.378 e. The van der Waals surface area contributed by atoms with Crippen LogP contribution in [0.1, 0.15) is 46.0 Å². The molecule has 9 heteroatoms. The van der Waals surface area contributed by atoms with Gasteiger partial charge >= 0.3 is 0 Å². The molecule has 0 saturated carbocycles. The Hall–Kier alpha value is -2.13. The summed E-state index contributed by atoms with van der Waals surface area (Å²) in [5.41, 5.74) is 2.56. The zero-order valence-corrected chi connectivity index (χ0v) is 17.0. The molecule has 1 N–H and O–H groups in total. The van der Waals surface area contributed by atoms with E-state index in [4.69, 9.17) is 4.74 Å². The van der Waals surface area contributed by atoms with Gasteiger partial charge in [0.2, 0.25) is 5.95 Å². The van der Waals surface area contributed by atoms with Gasteiger partial charge in [-0.3, -0.25) is 14.2 Å². The number of hydrogen-bond acceptors (Lipinski definition) is 7. The van der Waals surface area contributed by atoms with E-state index in [0.29, 0.717) is 24.5 Å². The van der Waals surface area contributed by atoms with Crippen molar-refractivity contribution in [2.24, 2.45) is 0 Å². The number of H-pyrrole nitrogens is 1. The van der Waals surface area contributed by atoms with Crippen molar-refractivity contribution in [1.29, 1.82) is 0 Å². The minimum Gasteiger partial charge on any atom is -0.378 e. The van der Waals surface area contributed by atoms with Gasteiger partial charge in [-0.15, -0.1) is 10.2 Å². The van der Waals surface area contributed by atoms with E-state index in [-0.39, 0.29) is 17.3 Å². The van der Waals surface area contributed by atoms with Gasteiger partial charge < -0.3 is 14.6 Å². The maximum Gasteiger partial charge on any atom is 0.228 e. The minimum atomic E-state index is -0.0494. The van der Waals surface area contributed by atoms with Gasteiger partial charge in [0.25, 0.3) is 0 Å². The van der Waals surface area contributed by atoms with E-state index >= 15 is 0 Å². The molecule has 1 fully saturated rings.